The first-order chi connectivity index (χ1) is 4.79. The molecule has 0 N–H and O–H groups in total. The Morgan fingerprint density at radius 1 is 1.60 bits per heavy atom. The second kappa shape index (κ2) is 3.77. The molecule has 0 aliphatic carbocycles. The maximum absolute atomic E-state index is 5.08. The predicted molar refractivity (Wildman–Crippen MR) is 43.0 cm³/mol. The smallest absolute Gasteiger partial charge is 0.0812 e. The topological polar surface area (TPSA) is 12.5 Å². The summed E-state index contributed by atoms with van der Waals surface area (Å²) >= 11 is 0. The zero-order chi connectivity index (χ0) is 7.40. The highest BCUT2D eigenvalue weighted by atomic mass is 16.6. The van der Waals surface area contributed by atoms with E-state index < -0.39 is 0 Å². The summed E-state index contributed by atoms with van der Waals surface area (Å²) in [7, 11) is 0. The summed E-state index contributed by atoms with van der Waals surface area (Å²) in [6, 6.07) is 0. The van der Waals surface area contributed by atoms with E-state index in [1.807, 2.05) is 0 Å². The molecule has 1 atom stereocenters. The lowest BCUT2D eigenvalue weighted by molar-refractivity contribution is 0.398. The van der Waals surface area contributed by atoms with Gasteiger partial charge in [-0.15, -0.1) is 0 Å². The fourth-order valence-corrected chi connectivity index (χ4v) is 0.885. The Labute approximate surface area is 63.1 Å². The van der Waals surface area contributed by atoms with Crippen molar-refractivity contribution >= 4 is 0 Å². The normalized spacial score (nSPS) is 24.5. The molecule has 0 spiro atoms. The van der Waals surface area contributed by atoms with E-state index in [-0.39, 0.29) is 0 Å². The molecule has 0 aromatic carbocycles. The summed E-state index contributed by atoms with van der Waals surface area (Å²) < 4.78 is 5.08. The van der Waals surface area contributed by atoms with Crippen LogP contribution in [0.1, 0.15) is 26.7 Å². The van der Waals surface area contributed by atoms with Crippen molar-refractivity contribution in [1.82, 2.24) is 0 Å². The highest BCUT2D eigenvalue weighted by Crippen LogP contribution is 2.15. The van der Waals surface area contributed by atoms with Crippen molar-refractivity contribution < 1.29 is 4.74 Å². The fourth-order valence-electron chi connectivity index (χ4n) is 0.885. The minimum absolute atomic E-state index is 0.594. The van der Waals surface area contributed by atoms with E-state index in [9.17, 15) is 0 Å². The summed E-state index contributed by atoms with van der Waals surface area (Å²) in [6.45, 7) is 5.39. The SMILES string of the molecule is CC(C)/C=C/CCC1CO1. The van der Waals surface area contributed by atoms with Crippen molar-refractivity contribution in [3.05, 3.63) is 12.2 Å². The van der Waals surface area contributed by atoms with E-state index in [4.69, 9.17) is 4.74 Å². The minimum atomic E-state index is 0.594. The quantitative estimate of drug-likeness (QED) is 0.431. The van der Waals surface area contributed by atoms with Gasteiger partial charge in [-0.2, -0.15) is 0 Å². The van der Waals surface area contributed by atoms with Crippen LogP contribution in [-0.4, -0.2) is 12.7 Å². The van der Waals surface area contributed by atoms with Crippen LogP contribution in [0.15, 0.2) is 12.2 Å². The Balaban J connectivity index is 1.92. The molecule has 1 aliphatic rings. The van der Waals surface area contributed by atoms with Crippen LogP contribution in [0.25, 0.3) is 0 Å². The molecule has 10 heavy (non-hydrogen) atoms. The zero-order valence-corrected chi connectivity index (χ0v) is 6.84. The van der Waals surface area contributed by atoms with Crippen molar-refractivity contribution in [3.8, 4) is 0 Å². The van der Waals surface area contributed by atoms with E-state index in [0.717, 1.165) is 6.61 Å². The maximum atomic E-state index is 5.08. The first kappa shape index (κ1) is 7.80. The van der Waals surface area contributed by atoms with Gasteiger partial charge in [-0.05, 0) is 18.8 Å². The van der Waals surface area contributed by atoms with E-state index >= 15 is 0 Å². The van der Waals surface area contributed by atoms with Crippen molar-refractivity contribution in [1.29, 1.82) is 0 Å². The van der Waals surface area contributed by atoms with Gasteiger partial charge in [0.2, 0.25) is 0 Å². The van der Waals surface area contributed by atoms with Gasteiger partial charge in [0.15, 0.2) is 0 Å². The first-order valence-electron chi connectivity index (χ1n) is 4.07. The molecule has 1 rings (SSSR count). The van der Waals surface area contributed by atoms with Crippen LogP contribution >= 0.6 is 0 Å². The number of epoxide rings is 1. The molecular weight excluding hydrogens is 124 g/mol. The highest BCUT2D eigenvalue weighted by molar-refractivity contribution is 4.86. The lowest BCUT2D eigenvalue weighted by Gasteiger charge is -1.92. The Kier molecular flexibility index (Phi) is 2.94. The minimum Gasteiger partial charge on any atom is -0.373 e. The summed E-state index contributed by atoms with van der Waals surface area (Å²) in [4.78, 5) is 0. The number of allylic oxidation sites excluding steroid dienone is 2. The van der Waals surface area contributed by atoms with E-state index in [2.05, 4.69) is 26.0 Å². The Bertz CT molecular complexity index is 112. The molecule has 0 bridgehead atoms. The molecule has 1 fully saturated rings. The van der Waals surface area contributed by atoms with Gasteiger partial charge in [-0.3, -0.25) is 0 Å². The van der Waals surface area contributed by atoms with Gasteiger partial charge in [0.05, 0.1) is 12.7 Å². The molecule has 1 heteroatoms. The van der Waals surface area contributed by atoms with Crippen LogP contribution in [0.5, 0.6) is 0 Å². The molecule has 1 aliphatic heterocycles. The van der Waals surface area contributed by atoms with Crippen LogP contribution in [0.4, 0.5) is 0 Å². The summed E-state index contributed by atoms with van der Waals surface area (Å²) in [5, 5.41) is 0. The van der Waals surface area contributed by atoms with E-state index in [1.54, 1.807) is 0 Å². The van der Waals surface area contributed by atoms with Crippen LogP contribution in [0, 0.1) is 5.92 Å². The highest BCUT2D eigenvalue weighted by Gasteiger charge is 2.20. The maximum Gasteiger partial charge on any atom is 0.0812 e. The average Bonchev–Trinajstić information content (AvgIpc) is 2.62. The molecule has 0 aromatic rings. The van der Waals surface area contributed by atoms with Crippen molar-refractivity contribution in [2.45, 2.75) is 32.8 Å². The molecule has 0 saturated carbocycles. The van der Waals surface area contributed by atoms with Crippen LogP contribution in [-0.2, 0) is 4.74 Å². The van der Waals surface area contributed by atoms with Crippen LogP contribution in [0.3, 0.4) is 0 Å². The number of rotatable bonds is 4. The summed E-state index contributed by atoms with van der Waals surface area (Å²) in [5.74, 6) is 0.695. The second-order valence-corrected chi connectivity index (χ2v) is 3.20. The van der Waals surface area contributed by atoms with Gasteiger partial charge in [0, 0.05) is 0 Å². The average molecular weight is 140 g/mol. The lowest BCUT2D eigenvalue weighted by Crippen LogP contribution is -1.83. The fraction of sp³-hybridized carbons (Fsp3) is 0.778. The standard InChI is InChI=1S/C9H16O/c1-8(2)5-3-4-6-9-7-10-9/h3,5,8-9H,4,6-7H2,1-2H3/b5-3+. The van der Waals surface area contributed by atoms with Crippen molar-refractivity contribution in [3.63, 3.8) is 0 Å². The second-order valence-electron chi connectivity index (χ2n) is 3.20. The van der Waals surface area contributed by atoms with Gasteiger partial charge in [0.1, 0.15) is 0 Å². The molecule has 58 valence electrons. The first-order valence-corrected chi connectivity index (χ1v) is 4.07. The molecule has 1 unspecified atom stereocenters. The van der Waals surface area contributed by atoms with E-state index in [0.29, 0.717) is 12.0 Å². The monoisotopic (exact) mass is 140 g/mol. The van der Waals surface area contributed by atoms with Gasteiger partial charge in [-0.25, -0.2) is 0 Å². The molecule has 0 amide bonds. The van der Waals surface area contributed by atoms with Crippen LogP contribution < -0.4 is 0 Å². The molecule has 1 saturated heterocycles. The van der Waals surface area contributed by atoms with Crippen molar-refractivity contribution in [2.24, 2.45) is 5.92 Å². The Hall–Kier alpha value is -0.300. The van der Waals surface area contributed by atoms with Gasteiger partial charge in [0.25, 0.3) is 0 Å². The summed E-state index contributed by atoms with van der Waals surface area (Å²) in [5.41, 5.74) is 0. The van der Waals surface area contributed by atoms with Crippen molar-refractivity contribution in [2.75, 3.05) is 6.61 Å². The third-order valence-corrected chi connectivity index (χ3v) is 1.58. The Morgan fingerprint density at radius 2 is 2.30 bits per heavy atom. The largest absolute Gasteiger partial charge is 0.373 e. The molecule has 0 radical (unpaired) electrons. The third kappa shape index (κ3) is 3.67. The summed E-state index contributed by atoms with van der Waals surface area (Å²) in [6.07, 6.45) is 7.50. The number of hydrogen-bond donors (Lipinski definition) is 0. The van der Waals surface area contributed by atoms with Crippen LogP contribution in [0.2, 0.25) is 0 Å². The molecule has 0 aromatic heterocycles. The van der Waals surface area contributed by atoms with E-state index in [1.165, 1.54) is 12.8 Å². The van der Waals surface area contributed by atoms with Gasteiger partial charge >= 0.3 is 0 Å². The molecule has 1 heterocycles. The predicted octanol–water partition coefficient (Wildman–Crippen LogP) is 2.38. The van der Waals surface area contributed by atoms with Gasteiger partial charge in [-0.1, -0.05) is 26.0 Å². The lowest BCUT2D eigenvalue weighted by atomic mass is 10.1. The molecular formula is C9H16O. The Morgan fingerprint density at radius 3 is 2.80 bits per heavy atom. The number of ether oxygens (including phenoxy) is 1. The molecule has 1 nitrogen and oxygen atoms in total. The number of hydrogen-bond acceptors (Lipinski definition) is 1. The third-order valence-electron chi connectivity index (χ3n) is 1.58. The van der Waals surface area contributed by atoms with Gasteiger partial charge < -0.3 is 4.74 Å². The zero-order valence-electron chi connectivity index (χ0n) is 6.84.